The summed E-state index contributed by atoms with van der Waals surface area (Å²) in [5, 5.41) is 17.8. The highest BCUT2D eigenvalue weighted by molar-refractivity contribution is 7.14. The predicted molar refractivity (Wildman–Crippen MR) is 126 cm³/mol. The van der Waals surface area contributed by atoms with Gasteiger partial charge < -0.3 is 15.3 Å². The van der Waals surface area contributed by atoms with Gasteiger partial charge in [-0.3, -0.25) is 0 Å². The number of carboxylic acids is 1. The third-order valence-electron chi connectivity index (χ3n) is 5.09. The van der Waals surface area contributed by atoms with Crippen molar-refractivity contribution in [2.75, 3.05) is 5.32 Å². The largest absolute Gasteiger partial charge is 0.476 e. The summed E-state index contributed by atoms with van der Waals surface area (Å²) in [6.07, 6.45) is 0. The summed E-state index contributed by atoms with van der Waals surface area (Å²) in [5.74, 6) is -1.53. The van der Waals surface area contributed by atoms with Gasteiger partial charge >= 0.3 is 12.6 Å². The Morgan fingerprint density at radius 1 is 0.912 bits per heavy atom. The third-order valence-corrected chi connectivity index (χ3v) is 5.85. The summed E-state index contributed by atoms with van der Waals surface area (Å²) >= 11 is 1.13. The summed E-state index contributed by atoms with van der Waals surface area (Å²) in [6, 6.07) is 29.3. The van der Waals surface area contributed by atoms with Crippen LogP contribution >= 0.6 is 11.3 Å². The quantitative estimate of drug-likeness (QED) is 0.186. The van der Waals surface area contributed by atoms with Gasteiger partial charge in [0.2, 0.25) is 5.71 Å². The van der Waals surface area contributed by atoms with Gasteiger partial charge in [-0.1, -0.05) is 96.2 Å². The molecule has 0 atom stereocenters. The summed E-state index contributed by atoms with van der Waals surface area (Å²) in [5.41, 5.74) is 1.10. The number of nitrogens with zero attached hydrogens (tertiary/aromatic N) is 2. The Balaban J connectivity index is 1.85. The number of oxime groups is 1. The zero-order valence-corrected chi connectivity index (χ0v) is 18.5. The molecule has 0 unspecified atom stereocenters. The Morgan fingerprint density at radius 3 is 1.79 bits per heavy atom. The van der Waals surface area contributed by atoms with E-state index in [1.807, 2.05) is 91.0 Å². The van der Waals surface area contributed by atoms with Gasteiger partial charge in [-0.2, -0.15) is 8.78 Å². The molecular weight excluding hydrogens is 460 g/mol. The SMILES string of the molecule is O=C(O)/C(=N\OC(F)F)c1csc(NC(c2ccccc2)(c2ccccc2)c2ccccc2)n1. The average Bonchev–Trinajstić information content (AvgIpc) is 3.32. The Kier molecular flexibility index (Phi) is 6.93. The molecule has 0 aliphatic heterocycles. The Bertz CT molecular complexity index is 1170. The van der Waals surface area contributed by atoms with Crippen LogP contribution in [0.4, 0.5) is 13.9 Å². The molecule has 34 heavy (non-hydrogen) atoms. The maximum absolute atomic E-state index is 12.4. The van der Waals surface area contributed by atoms with Gasteiger partial charge in [-0.05, 0) is 16.7 Å². The zero-order chi connectivity index (χ0) is 24.0. The maximum atomic E-state index is 12.4. The van der Waals surface area contributed by atoms with Crippen LogP contribution in [-0.2, 0) is 15.2 Å². The number of alkyl halides is 2. The molecule has 0 bridgehead atoms. The molecule has 172 valence electrons. The number of nitrogens with one attached hydrogen (secondary N) is 1. The zero-order valence-electron chi connectivity index (χ0n) is 17.6. The first-order chi connectivity index (χ1) is 16.5. The average molecular weight is 480 g/mol. The Labute approximate surface area is 198 Å². The molecule has 2 N–H and O–H groups in total. The lowest BCUT2D eigenvalue weighted by molar-refractivity contribution is -0.134. The van der Waals surface area contributed by atoms with Crippen molar-refractivity contribution in [1.82, 2.24) is 4.98 Å². The molecule has 0 spiro atoms. The number of aliphatic carboxylic acids is 1. The lowest BCUT2D eigenvalue weighted by atomic mass is 9.77. The van der Waals surface area contributed by atoms with Crippen LogP contribution in [0, 0.1) is 0 Å². The smallest absolute Gasteiger partial charge is 0.407 e. The van der Waals surface area contributed by atoms with Gasteiger partial charge in [0.25, 0.3) is 0 Å². The minimum Gasteiger partial charge on any atom is -0.476 e. The van der Waals surface area contributed by atoms with Crippen LogP contribution < -0.4 is 5.32 Å². The van der Waals surface area contributed by atoms with Crippen molar-refractivity contribution in [3.63, 3.8) is 0 Å². The van der Waals surface area contributed by atoms with Gasteiger partial charge in [0.15, 0.2) is 5.13 Å². The molecule has 1 heterocycles. The Morgan fingerprint density at radius 2 is 1.38 bits per heavy atom. The van der Waals surface area contributed by atoms with Crippen LogP contribution in [0.3, 0.4) is 0 Å². The van der Waals surface area contributed by atoms with Crippen molar-refractivity contribution in [2.24, 2.45) is 5.16 Å². The normalized spacial score (nSPS) is 11.9. The summed E-state index contributed by atoms with van der Waals surface area (Å²) in [7, 11) is 0. The number of rotatable bonds is 9. The van der Waals surface area contributed by atoms with Gasteiger partial charge in [-0.15, -0.1) is 11.3 Å². The number of carboxylic acid groups (broad SMARTS) is 1. The number of anilines is 1. The minimum absolute atomic E-state index is 0.0938. The molecule has 9 heteroatoms. The van der Waals surface area contributed by atoms with Crippen molar-refractivity contribution in [3.8, 4) is 0 Å². The third kappa shape index (κ3) is 4.79. The first-order valence-corrected chi connectivity index (χ1v) is 11.0. The number of aromatic nitrogens is 1. The van der Waals surface area contributed by atoms with Crippen molar-refractivity contribution in [3.05, 3.63) is 119 Å². The summed E-state index contributed by atoms with van der Waals surface area (Å²) in [6.45, 7) is -3.24. The fraction of sp³-hybridized carbons (Fsp3) is 0.0800. The van der Waals surface area contributed by atoms with E-state index in [-0.39, 0.29) is 5.69 Å². The lowest BCUT2D eigenvalue weighted by Crippen LogP contribution is -2.38. The van der Waals surface area contributed by atoms with Crippen molar-refractivity contribution < 1.29 is 23.5 Å². The van der Waals surface area contributed by atoms with Gasteiger partial charge in [0.1, 0.15) is 11.2 Å². The minimum atomic E-state index is -3.24. The molecule has 4 rings (SSSR count). The molecule has 0 saturated heterocycles. The van der Waals surface area contributed by atoms with E-state index in [1.54, 1.807) is 0 Å². The molecule has 0 aliphatic rings. The number of hydrogen-bond acceptors (Lipinski definition) is 6. The van der Waals surface area contributed by atoms with Gasteiger partial charge in [-0.25, -0.2) is 9.78 Å². The molecule has 0 aliphatic carbocycles. The number of benzene rings is 3. The molecule has 0 amide bonds. The van der Waals surface area contributed by atoms with E-state index < -0.39 is 23.8 Å². The molecule has 0 radical (unpaired) electrons. The van der Waals surface area contributed by atoms with E-state index >= 15 is 0 Å². The first kappa shape index (κ1) is 23.1. The van der Waals surface area contributed by atoms with E-state index in [0.717, 1.165) is 28.0 Å². The molecule has 4 aromatic rings. The van der Waals surface area contributed by atoms with Crippen LogP contribution in [0.25, 0.3) is 0 Å². The summed E-state index contributed by atoms with van der Waals surface area (Å²) < 4.78 is 24.8. The maximum Gasteiger partial charge on any atom is 0.407 e. The Hall–Kier alpha value is -4.11. The van der Waals surface area contributed by atoms with Crippen LogP contribution in [0.5, 0.6) is 0 Å². The second kappa shape index (κ2) is 10.2. The summed E-state index contributed by atoms with van der Waals surface area (Å²) in [4.78, 5) is 19.8. The van der Waals surface area contributed by atoms with Crippen LogP contribution in [0.15, 0.2) is 102 Å². The van der Waals surface area contributed by atoms with Crippen molar-refractivity contribution in [2.45, 2.75) is 12.2 Å². The molecular formula is C25H19F2N3O3S. The van der Waals surface area contributed by atoms with Crippen LogP contribution in [0.1, 0.15) is 22.4 Å². The first-order valence-electron chi connectivity index (χ1n) is 10.2. The van der Waals surface area contributed by atoms with Crippen LogP contribution in [0.2, 0.25) is 0 Å². The number of carbonyl (C=O) groups is 1. The van der Waals surface area contributed by atoms with E-state index in [4.69, 9.17) is 0 Å². The lowest BCUT2D eigenvalue weighted by Gasteiger charge is -2.36. The topological polar surface area (TPSA) is 83.8 Å². The highest BCUT2D eigenvalue weighted by atomic mass is 32.1. The molecule has 3 aromatic carbocycles. The molecule has 1 aromatic heterocycles. The highest BCUT2D eigenvalue weighted by Crippen LogP contribution is 2.40. The fourth-order valence-electron chi connectivity index (χ4n) is 3.67. The van der Waals surface area contributed by atoms with E-state index in [0.29, 0.717) is 5.13 Å². The van der Waals surface area contributed by atoms with Crippen LogP contribution in [-0.4, -0.2) is 28.4 Å². The standard InChI is InChI=1S/C25H19F2N3O3S/c26-23(27)33-30-21(22(31)32)20-16-34-24(28-20)29-25(17-10-4-1-5-11-17,18-12-6-2-7-13-18)19-14-8-3-9-15-19/h1-16,23H,(H,28,29)(H,31,32)/b30-21-. The number of halogens is 2. The highest BCUT2D eigenvalue weighted by Gasteiger charge is 2.37. The molecule has 0 saturated carbocycles. The predicted octanol–water partition coefficient (Wildman–Crippen LogP) is 5.58. The van der Waals surface area contributed by atoms with E-state index in [2.05, 4.69) is 20.3 Å². The van der Waals surface area contributed by atoms with E-state index in [9.17, 15) is 18.7 Å². The molecule has 6 nitrogen and oxygen atoms in total. The second-order valence-corrected chi connectivity index (χ2v) is 7.98. The van der Waals surface area contributed by atoms with E-state index in [1.165, 1.54) is 5.38 Å². The van der Waals surface area contributed by atoms with Crippen molar-refractivity contribution >= 4 is 28.1 Å². The number of thiazole rings is 1. The van der Waals surface area contributed by atoms with Gasteiger partial charge in [0.05, 0.1) is 0 Å². The van der Waals surface area contributed by atoms with Crippen molar-refractivity contribution in [1.29, 1.82) is 0 Å². The monoisotopic (exact) mass is 479 g/mol. The fourth-order valence-corrected chi connectivity index (χ4v) is 4.42. The van der Waals surface area contributed by atoms with Gasteiger partial charge in [0, 0.05) is 5.38 Å². The number of hydrogen-bond donors (Lipinski definition) is 2. The second-order valence-electron chi connectivity index (χ2n) is 7.12. The molecule has 0 fully saturated rings.